The van der Waals surface area contributed by atoms with Crippen LogP contribution in [0.15, 0.2) is 45.8 Å². The van der Waals surface area contributed by atoms with Crippen molar-refractivity contribution in [2.24, 2.45) is 10.7 Å². The standard InChI is InChI=1S/C22H31N5O3/c1-3-24-22(25-14-18-10-11-20(30-18)21(23)28)26-15-19(27-12-4-5-13-27)16-6-8-17(29-2)9-7-16/h6-11,19H,3-5,12-15H2,1-2H3,(H2,23,28)(H2,24,25,26). The van der Waals surface area contributed by atoms with Crippen LogP contribution in [0.2, 0.25) is 0 Å². The summed E-state index contributed by atoms with van der Waals surface area (Å²) in [6, 6.07) is 11.8. The van der Waals surface area contributed by atoms with Crippen molar-refractivity contribution in [1.82, 2.24) is 15.5 Å². The Kier molecular flexibility index (Phi) is 7.73. The van der Waals surface area contributed by atoms with Crippen molar-refractivity contribution >= 4 is 11.9 Å². The van der Waals surface area contributed by atoms with Crippen LogP contribution >= 0.6 is 0 Å². The van der Waals surface area contributed by atoms with Gasteiger partial charge in [0, 0.05) is 13.1 Å². The van der Waals surface area contributed by atoms with Gasteiger partial charge < -0.3 is 25.5 Å². The minimum atomic E-state index is -0.580. The second-order valence-corrected chi connectivity index (χ2v) is 7.24. The Morgan fingerprint density at radius 2 is 1.93 bits per heavy atom. The van der Waals surface area contributed by atoms with E-state index in [1.807, 2.05) is 19.1 Å². The Bertz CT molecular complexity index is 841. The highest BCUT2D eigenvalue weighted by Gasteiger charge is 2.23. The zero-order chi connectivity index (χ0) is 21.3. The fourth-order valence-corrected chi connectivity index (χ4v) is 3.62. The first-order valence-corrected chi connectivity index (χ1v) is 10.4. The van der Waals surface area contributed by atoms with E-state index in [0.717, 1.165) is 31.9 Å². The number of ether oxygens (including phenoxy) is 1. The Morgan fingerprint density at radius 1 is 1.20 bits per heavy atom. The fraction of sp³-hybridized carbons (Fsp3) is 0.455. The molecule has 1 atom stereocenters. The summed E-state index contributed by atoms with van der Waals surface area (Å²) in [4.78, 5) is 18.3. The summed E-state index contributed by atoms with van der Waals surface area (Å²) in [5, 5.41) is 6.72. The van der Waals surface area contributed by atoms with E-state index in [1.54, 1.807) is 19.2 Å². The predicted octanol–water partition coefficient (Wildman–Crippen LogP) is 2.28. The molecule has 1 saturated heterocycles. The van der Waals surface area contributed by atoms with Crippen LogP contribution in [0.1, 0.15) is 47.7 Å². The van der Waals surface area contributed by atoms with Gasteiger partial charge in [-0.3, -0.25) is 9.69 Å². The van der Waals surface area contributed by atoms with Gasteiger partial charge in [-0.1, -0.05) is 12.1 Å². The second-order valence-electron chi connectivity index (χ2n) is 7.24. The van der Waals surface area contributed by atoms with Crippen LogP contribution in [0.3, 0.4) is 0 Å². The number of furan rings is 1. The highest BCUT2D eigenvalue weighted by Crippen LogP contribution is 2.26. The van der Waals surface area contributed by atoms with Crippen molar-refractivity contribution in [2.45, 2.75) is 32.4 Å². The van der Waals surface area contributed by atoms with Gasteiger partial charge in [-0.05, 0) is 62.7 Å². The molecular weight excluding hydrogens is 382 g/mol. The summed E-state index contributed by atoms with van der Waals surface area (Å²) in [6.07, 6.45) is 2.45. The van der Waals surface area contributed by atoms with E-state index in [1.165, 1.54) is 18.4 Å². The molecule has 1 fully saturated rings. The normalized spacial score (nSPS) is 15.7. The summed E-state index contributed by atoms with van der Waals surface area (Å²) in [6.45, 7) is 6.00. The van der Waals surface area contributed by atoms with E-state index in [2.05, 4.69) is 32.7 Å². The number of nitrogens with two attached hydrogens (primary N) is 1. The molecule has 8 nitrogen and oxygen atoms in total. The number of aliphatic imine (C=N–C) groups is 1. The summed E-state index contributed by atoms with van der Waals surface area (Å²) >= 11 is 0. The molecule has 162 valence electrons. The molecule has 2 heterocycles. The number of primary amides is 1. The van der Waals surface area contributed by atoms with Gasteiger partial charge in [0.15, 0.2) is 11.7 Å². The number of methoxy groups -OCH3 is 1. The molecule has 30 heavy (non-hydrogen) atoms. The Hall–Kier alpha value is -3.00. The van der Waals surface area contributed by atoms with Gasteiger partial charge in [-0.15, -0.1) is 0 Å². The smallest absolute Gasteiger partial charge is 0.284 e. The first-order chi connectivity index (χ1) is 14.6. The maximum atomic E-state index is 11.2. The lowest BCUT2D eigenvalue weighted by molar-refractivity contribution is 0.0972. The topological polar surface area (TPSA) is 105 Å². The molecule has 1 amide bonds. The fourth-order valence-electron chi connectivity index (χ4n) is 3.62. The average molecular weight is 414 g/mol. The predicted molar refractivity (Wildman–Crippen MR) is 117 cm³/mol. The third-order valence-corrected chi connectivity index (χ3v) is 5.19. The van der Waals surface area contributed by atoms with Crippen LogP contribution in [0.25, 0.3) is 0 Å². The Morgan fingerprint density at radius 3 is 2.53 bits per heavy atom. The van der Waals surface area contributed by atoms with Crippen LogP contribution in [0, 0.1) is 0 Å². The minimum Gasteiger partial charge on any atom is -0.497 e. The highest BCUT2D eigenvalue weighted by molar-refractivity contribution is 5.89. The van der Waals surface area contributed by atoms with E-state index in [4.69, 9.17) is 14.9 Å². The van der Waals surface area contributed by atoms with Crippen molar-refractivity contribution in [3.05, 3.63) is 53.5 Å². The van der Waals surface area contributed by atoms with Crippen LogP contribution in [-0.4, -0.2) is 50.1 Å². The monoisotopic (exact) mass is 413 g/mol. The van der Waals surface area contributed by atoms with Gasteiger partial charge in [0.1, 0.15) is 18.1 Å². The molecule has 4 N–H and O–H groups in total. The Balaban J connectivity index is 1.68. The number of nitrogens with one attached hydrogen (secondary N) is 2. The molecule has 1 aromatic carbocycles. The number of carbonyl (C=O) groups excluding carboxylic acids is 1. The van der Waals surface area contributed by atoms with Gasteiger partial charge in [-0.2, -0.15) is 0 Å². The average Bonchev–Trinajstić information content (AvgIpc) is 3.45. The molecular formula is C22H31N5O3. The third-order valence-electron chi connectivity index (χ3n) is 5.19. The molecule has 8 heteroatoms. The number of benzene rings is 1. The number of hydrogen-bond donors (Lipinski definition) is 3. The molecule has 3 rings (SSSR count). The summed E-state index contributed by atoms with van der Waals surface area (Å²) in [5.41, 5.74) is 6.49. The summed E-state index contributed by atoms with van der Waals surface area (Å²) in [7, 11) is 1.68. The largest absolute Gasteiger partial charge is 0.497 e. The maximum Gasteiger partial charge on any atom is 0.284 e. The van der Waals surface area contributed by atoms with E-state index in [0.29, 0.717) is 18.3 Å². The summed E-state index contributed by atoms with van der Waals surface area (Å²) in [5.74, 6) is 1.71. The molecule has 1 aromatic heterocycles. The lowest BCUT2D eigenvalue weighted by Crippen LogP contribution is -2.42. The number of likely N-dealkylation sites (tertiary alicyclic amines) is 1. The van der Waals surface area contributed by atoms with Crippen molar-refractivity contribution in [3.63, 3.8) is 0 Å². The van der Waals surface area contributed by atoms with E-state index >= 15 is 0 Å². The van der Waals surface area contributed by atoms with Crippen LogP contribution in [0.5, 0.6) is 5.75 Å². The molecule has 1 aliphatic rings. The number of carbonyl (C=O) groups is 1. The van der Waals surface area contributed by atoms with Gasteiger partial charge in [-0.25, -0.2) is 4.99 Å². The zero-order valence-electron chi connectivity index (χ0n) is 17.7. The maximum absolute atomic E-state index is 11.2. The van der Waals surface area contributed by atoms with Crippen LogP contribution in [0.4, 0.5) is 0 Å². The highest BCUT2D eigenvalue weighted by atomic mass is 16.5. The van der Waals surface area contributed by atoms with E-state index in [-0.39, 0.29) is 11.8 Å². The van der Waals surface area contributed by atoms with Crippen molar-refractivity contribution in [2.75, 3.05) is 33.3 Å². The lowest BCUT2D eigenvalue weighted by atomic mass is 10.1. The number of guanidine groups is 1. The molecule has 0 saturated carbocycles. The van der Waals surface area contributed by atoms with Gasteiger partial charge in [0.2, 0.25) is 0 Å². The SMILES string of the molecule is CCNC(=NCc1ccc(C(N)=O)o1)NCC(c1ccc(OC)cc1)N1CCCC1. The van der Waals surface area contributed by atoms with E-state index in [9.17, 15) is 4.79 Å². The Labute approximate surface area is 177 Å². The lowest BCUT2D eigenvalue weighted by Gasteiger charge is -2.29. The molecule has 0 radical (unpaired) electrons. The molecule has 1 unspecified atom stereocenters. The second kappa shape index (κ2) is 10.7. The number of hydrogen-bond acceptors (Lipinski definition) is 5. The van der Waals surface area contributed by atoms with Gasteiger partial charge in [0.25, 0.3) is 5.91 Å². The van der Waals surface area contributed by atoms with Gasteiger partial charge in [0.05, 0.1) is 13.2 Å². The molecule has 0 aliphatic carbocycles. The molecule has 0 bridgehead atoms. The van der Waals surface area contributed by atoms with Crippen LogP contribution in [-0.2, 0) is 6.54 Å². The molecule has 2 aromatic rings. The van der Waals surface area contributed by atoms with Crippen molar-refractivity contribution < 1.29 is 13.9 Å². The first kappa shape index (κ1) is 21.7. The minimum absolute atomic E-state index is 0.145. The third kappa shape index (κ3) is 5.76. The van der Waals surface area contributed by atoms with E-state index < -0.39 is 5.91 Å². The molecule has 1 aliphatic heterocycles. The number of nitrogens with zero attached hydrogens (tertiary/aromatic N) is 2. The zero-order valence-corrected chi connectivity index (χ0v) is 17.7. The van der Waals surface area contributed by atoms with Crippen molar-refractivity contribution in [3.8, 4) is 5.75 Å². The van der Waals surface area contributed by atoms with Gasteiger partial charge >= 0.3 is 0 Å². The van der Waals surface area contributed by atoms with Crippen molar-refractivity contribution in [1.29, 1.82) is 0 Å². The summed E-state index contributed by atoms with van der Waals surface area (Å²) < 4.78 is 10.7. The number of amides is 1. The first-order valence-electron chi connectivity index (χ1n) is 10.4. The van der Waals surface area contributed by atoms with Crippen LogP contribution < -0.4 is 21.1 Å². The quantitative estimate of drug-likeness (QED) is 0.430. The molecule has 0 spiro atoms. The number of rotatable bonds is 9.